The number of nitrogens with one attached hydrogen (secondary N) is 1. The molecule has 1 amide bonds. The van der Waals surface area contributed by atoms with E-state index in [2.05, 4.69) is 10.1 Å². The van der Waals surface area contributed by atoms with Gasteiger partial charge in [0, 0.05) is 11.8 Å². The summed E-state index contributed by atoms with van der Waals surface area (Å²) in [6.07, 6.45) is 0. The normalized spacial score (nSPS) is 10.1. The van der Waals surface area contributed by atoms with Gasteiger partial charge in [0.1, 0.15) is 0 Å². The number of amides is 1. The molecular formula is C12H13F2NO3S. The third-order valence-electron chi connectivity index (χ3n) is 1.96. The van der Waals surface area contributed by atoms with Crippen molar-refractivity contribution in [1.29, 1.82) is 0 Å². The summed E-state index contributed by atoms with van der Waals surface area (Å²) in [6.45, 7) is 1.98. The number of anilines is 1. The predicted molar refractivity (Wildman–Crippen MR) is 68.9 cm³/mol. The van der Waals surface area contributed by atoms with Crippen LogP contribution in [0.5, 0.6) is 0 Å². The van der Waals surface area contributed by atoms with Crippen LogP contribution in [0.15, 0.2) is 18.2 Å². The summed E-state index contributed by atoms with van der Waals surface area (Å²) < 4.78 is 30.2. The molecule has 19 heavy (non-hydrogen) atoms. The second kappa shape index (κ2) is 7.73. The zero-order valence-corrected chi connectivity index (χ0v) is 11.1. The number of halogens is 2. The number of thioether (sulfide) groups is 1. The first kappa shape index (κ1) is 15.4. The van der Waals surface area contributed by atoms with Crippen LogP contribution in [0.2, 0.25) is 0 Å². The highest BCUT2D eigenvalue weighted by molar-refractivity contribution is 8.00. The lowest BCUT2D eigenvalue weighted by Crippen LogP contribution is -2.16. The maximum Gasteiger partial charge on any atom is 0.315 e. The van der Waals surface area contributed by atoms with Crippen LogP contribution in [-0.2, 0) is 14.3 Å². The molecule has 7 heteroatoms. The van der Waals surface area contributed by atoms with E-state index >= 15 is 0 Å². The summed E-state index contributed by atoms with van der Waals surface area (Å²) in [5.74, 6) is -2.71. The van der Waals surface area contributed by atoms with Crippen LogP contribution < -0.4 is 5.32 Å². The van der Waals surface area contributed by atoms with Gasteiger partial charge in [-0.05, 0) is 19.1 Å². The lowest BCUT2D eigenvalue weighted by molar-refractivity contribution is -0.139. The Morgan fingerprint density at radius 3 is 2.63 bits per heavy atom. The Hall–Kier alpha value is -1.63. The molecule has 0 saturated carbocycles. The summed E-state index contributed by atoms with van der Waals surface area (Å²) in [4.78, 5) is 22.4. The largest absolute Gasteiger partial charge is 0.465 e. The number of benzene rings is 1. The average Bonchev–Trinajstić information content (AvgIpc) is 2.34. The summed E-state index contributed by atoms with van der Waals surface area (Å²) in [5.41, 5.74) is 0.167. The fraction of sp³-hybridized carbons (Fsp3) is 0.333. The van der Waals surface area contributed by atoms with Crippen LogP contribution in [0, 0.1) is 11.6 Å². The molecule has 0 unspecified atom stereocenters. The molecule has 0 aliphatic rings. The van der Waals surface area contributed by atoms with Crippen LogP contribution >= 0.6 is 11.8 Å². The molecule has 104 valence electrons. The van der Waals surface area contributed by atoms with E-state index in [1.54, 1.807) is 6.92 Å². The van der Waals surface area contributed by atoms with Crippen molar-refractivity contribution in [3.8, 4) is 0 Å². The molecule has 0 aliphatic heterocycles. The number of hydrogen-bond donors (Lipinski definition) is 1. The van der Waals surface area contributed by atoms with Crippen molar-refractivity contribution >= 4 is 29.3 Å². The van der Waals surface area contributed by atoms with Crippen molar-refractivity contribution in [1.82, 2.24) is 0 Å². The van der Waals surface area contributed by atoms with Gasteiger partial charge < -0.3 is 10.1 Å². The molecule has 0 fully saturated rings. The minimum absolute atomic E-state index is 0.0256. The molecule has 0 spiro atoms. The number of carbonyl (C=O) groups excluding carboxylic acids is 2. The standard InChI is InChI=1S/C12H13F2NO3S/c1-2-18-12(17)7-19-6-11(16)15-8-3-4-9(13)10(14)5-8/h3-5H,2,6-7H2,1H3,(H,15,16). The number of esters is 1. The Morgan fingerprint density at radius 2 is 2.00 bits per heavy atom. The molecule has 0 bridgehead atoms. The van der Waals surface area contributed by atoms with Gasteiger partial charge in [0.25, 0.3) is 0 Å². The van der Waals surface area contributed by atoms with E-state index in [0.717, 1.165) is 23.9 Å². The van der Waals surface area contributed by atoms with Gasteiger partial charge in [-0.3, -0.25) is 9.59 Å². The molecular weight excluding hydrogens is 276 g/mol. The molecule has 0 heterocycles. The number of ether oxygens (including phenoxy) is 1. The van der Waals surface area contributed by atoms with Gasteiger partial charge in [0.2, 0.25) is 5.91 Å². The number of hydrogen-bond acceptors (Lipinski definition) is 4. The second-order valence-corrected chi connectivity index (χ2v) is 4.46. The lowest BCUT2D eigenvalue weighted by Gasteiger charge is -2.05. The van der Waals surface area contributed by atoms with Gasteiger partial charge >= 0.3 is 5.97 Å². The second-order valence-electron chi connectivity index (χ2n) is 3.47. The molecule has 1 rings (SSSR count). The minimum Gasteiger partial charge on any atom is -0.465 e. The zero-order chi connectivity index (χ0) is 14.3. The zero-order valence-electron chi connectivity index (χ0n) is 10.2. The van der Waals surface area contributed by atoms with Crippen LogP contribution in [0.4, 0.5) is 14.5 Å². The molecule has 0 atom stereocenters. The topological polar surface area (TPSA) is 55.4 Å². The summed E-state index contributed by atoms with van der Waals surface area (Å²) in [6, 6.07) is 3.08. The highest BCUT2D eigenvalue weighted by atomic mass is 32.2. The fourth-order valence-corrected chi connectivity index (χ4v) is 1.81. The quantitative estimate of drug-likeness (QED) is 0.816. The van der Waals surface area contributed by atoms with Crippen LogP contribution in [0.3, 0.4) is 0 Å². The smallest absolute Gasteiger partial charge is 0.315 e. The highest BCUT2D eigenvalue weighted by Crippen LogP contribution is 2.13. The minimum atomic E-state index is -1.03. The maximum absolute atomic E-state index is 12.9. The van der Waals surface area contributed by atoms with E-state index in [-0.39, 0.29) is 17.2 Å². The third kappa shape index (κ3) is 5.69. The molecule has 0 aliphatic carbocycles. The Balaban J connectivity index is 2.35. The van der Waals surface area contributed by atoms with Crippen molar-refractivity contribution in [3.05, 3.63) is 29.8 Å². The first-order valence-corrected chi connectivity index (χ1v) is 6.66. The Bertz CT molecular complexity index is 468. The van der Waals surface area contributed by atoms with Crippen molar-refractivity contribution in [3.63, 3.8) is 0 Å². The van der Waals surface area contributed by atoms with Gasteiger partial charge in [0.05, 0.1) is 18.1 Å². The molecule has 1 aromatic carbocycles. The Labute approximate surface area is 113 Å². The van der Waals surface area contributed by atoms with E-state index in [4.69, 9.17) is 0 Å². The van der Waals surface area contributed by atoms with Gasteiger partial charge in [-0.15, -0.1) is 11.8 Å². The fourth-order valence-electron chi connectivity index (χ4n) is 1.20. The van der Waals surface area contributed by atoms with Crippen LogP contribution in [0.1, 0.15) is 6.92 Å². The monoisotopic (exact) mass is 289 g/mol. The molecule has 1 N–H and O–H groups in total. The molecule has 1 aromatic rings. The van der Waals surface area contributed by atoms with Gasteiger partial charge in [0.15, 0.2) is 11.6 Å². The van der Waals surface area contributed by atoms with E-state index in [1.807, 2.05) is 0 Å². The van der Waals surface area contributed by atoms with Crippen LogP contribution in [0.25, 0.3) is 0 Å². The Kier molecular flexibility index (Phi) is 6.27. The average molecular weight is 289 g/mol. The maximum atomic E-state index is 12.9. The van der Waals surface area contributed by atoms with Crippen molar-refractivity contribution < 1.29 is 23.1 Å². The predicted octanol–water partition coefficient (Wildman–Crippen LogP) is 2.20. The van der Waals surface area contributed by atoms with Crippen molar-refractivity contribution in [2.75, 3.05) is 23.4 Å². The van der Waals surface area contributed by atoms with E-state index in [9.17, 15) is 18.4 Å². The first-order valence-electron chi connectivity index (χ1n) is 5.51. The molecule has 0 aromatic heterocycles. The SMILES string of the molecule is CCOC(=O)CSCC(=O)Nc1ccc(F)c(F)c1. The molecule has 0 saturated heterocycles. The van der Waals surface area contributed by atoms with E-state index in [1.165, 1.54) is 6.07 Å². The highest BCUT2D eigenvalue weighted by Gasteiger charge is 2.08. The Morgan fingerprint density at radius 1 is 1.26 bits per heavy atom. The van der Waals surface area contributed by atoms with Gasteiger partial charge in [-0.1, -0.05) is 0 Å². The number of carbonyl (C=O) groups is 2. The van der Waals surface area contributed by atoms with Crippen molar-refractivity contribution in [2.24, 2.45) is 0 Å². The summed E-state index contributed by atoms with van der Waals surface area (Å²) in [5, 5.41) is 2.40. The van der Waals surface area contributed by atoms with Gasteiger partial charge in [-0.2, -0.15) is 0 Å². The summed E-state index contributed by atoms with van der Waals surface area (Å²) in [7, 11) is 0. The van der Waals surface area contributed by atoms with E-state index in [0.29, 0.717) is 6.61 Å². The first-order chi connectivity index (χ1) is 9.02. The van der Waals surface area contributed by atoms with Crippen LogP contribution in [-0.4, -0.2) is 30.0 Å². The third-order valence-corrected chi connectivity index (χ3v) is 2.87. The number of rotatable bonds is 6. The molecule has 0 radical (unpaired) electrons. The molecule has 4 nitrogen and oxygen atoms in total. The lowest BCUT2D eigenvalue weighted by atomic mass is 10.3. The van der Waals surface area contributed by atoms with E-state index < -0.39 is 23.5 Å². The van der Waals surface area contributed by atoms with Crippen molar-refractivity contribution in [2.45, 2.75) is 6.92 Å². The summed E-state index contributed by atoms with van der Waals surface area (Å²) >= 11 is 1.08. The van der Waals surface area contributed by atoms with Gasteiger partial charge in [-0.25, -0.2) is 8.78 Å².